The first-order valence-corrected chi connectivity index (χ1v) is 7.49. The van der Waals surface area contributed by atoms with E-state index in [0.717, 1.165) is 10.2 Å². The standard InChI is InChI=1S/C14H20BrN3OS/c1-8(13(19)18-14(2,3)4)17-10-7-5-6-9(15)11(10)12(16)20/h5-8,17H,1-4H3,(H2,16,20)(H,18,19). The molecule has 0 aromatic heterocycles. The molecule has 1 unspecified atom stereocenters. The molecule has 110 valence electrons. The number of benzene rings is 1. The number of hydrogen-bond donors (Lipinski definition) is 3. The lowest BCUT2D eigenvalue weighted by atomic mass is 10.1. The maximum Gasteiger partial charge on any atom is 0.242 e. The van der Waals surface area contributed by atoms with Crippen molar-refractivity contribution in [2.24, 2.45) is 5.73 Å². The molecule has 0 aliphatic rings. The number of anilines is 1. The summed E-state index contributed by atoms with van der Waals surface area (Å²) in [5.41, 5.74) is 6.91. The quantitative estimate of drug-likeness (QED) is 0.724. The highest BCUT2D eigenvalue weighted by Gasteiger charge is 2.20. The number of nitrogens with one attached hydrogen (secondary N) is 2. The average Bonchev–Trinajstić information content (AvgIpc) is 2.25. The minimum atomic E-state index is -0.392. The predicted octanol–water partition coefficient (Wildman–Crippen LogP) is 2.80. The smallest absolute Gasteiger partial charge is 0.242 e. The van der Waals surface area contributed by atoms with Gasteiger partial charge in [0.2, 0.25) is 5.91 Å². The van der Waals surface area contributed by atoms with E-state index in [1.165, 1.54) is 0 Å². The van der Waals surface area contributed by atoms with Gasteiger partial charge in [0.25, 0.3) is 0 Å². The Bertz CT molecular complexity index is 526. The average molecular weight is 358 g/mol. The molecule has 0 saturated heterocycles. The maximum absolute atomic E-state index is 12.1. The minimum Gasteiger partial charge on any atom is -0.389 e. The van der Waals surface area contributed by atoms with Gasteiger partial charge in [-0.1, -0.05) is 18.3 Å². The van der Waals surface area contributed by atoms with Gasteiger partial charge in [-0.05, 0) is 55.8 Å². The molecule has 1 rings (SSSR count). The Balaban J connectivity index is 2.91. The fraction of sp³-hybridized carbons (Fsp3) is 0.429. The highest BCUT2D eigenvalue weighted by molar-refractivity contribution is 9.10. The maximum atomic E-state index is 12.1. The van der Waals surface area contributed by atoms with Crippen LogP contribution < -0.4 is 16.4 Å². The Morgan fingerprint density at radius 2 is 2.00 bits per heavy atom. The number of halogens is 1. The van der Waals surface area contributed by atoms with Gasteiger partial charge in [-0.2, -0.15) is 0 Å². The molecule has 0 spiro atoms. The van der Waals surface area contributed by atoms with E-state index in [1.807, 2.05) is 39.0 Å². The van der Waals surface area contributed by atoms with Crippen molar-refractivity contribution in [3.8, 4) is 0 Å². The molecule has 4 nitrogen and oxygen atoms in total. The van der Waals surface area contributed by atoms with E-state index in [2.05, 4.69) is 26.6 Å². The Morgan fingerprint density at radius 1 is 1.40 bits per heavy atom. The van der Waals surface area contributed by atoms with Crippen LogP contribution >= 0.6 is 28.1 Å². The van der Waals surface area contributed by atoms with E-state index < -0.39 is 6.04 Å². The van der Waals surface area contributed by atoms with Crippen LogP contribution in [-0.4, -0.2) is 22.5 Å². The summed E-state index contributed by atoms with van der Waals surface area (Å²) >= 11 is 8.47. The largest absolute Gasteiger partial charge is 0.389 e. The third-order valence-electron chi connectivity index (χ3n) is 2.52. The summed E-state index contributed by atoms with van der Waals surface area (Å²) < 4.78 is 0.804. The van der Waals surface area contributed by atoms with Gasteiger partial charge in [0.05, 0.1) is 0 Å². The molecule has 1 aromatic rings. The highest BCUT2D eigenvalue weighted by Crippen LogP contribution is 2.25. The summed E-state index contributed by atoms with van der Waals surface area (Å²) in [6, 6.07) is 5.18. The first kappa shape index (κ1) is 16.9. The van der Waals surface area contributed by atoms with Crippen molar-refractivity contribution < 1.29 is 4.79 Å². The topological polar surface area (TPSA) is 67.1 Å². The lowest BCUT2D eigenvalue weighted by Gasteiger charge is -2.25. The van der Waals surface area contributed by atoms with Crippen molar-refractivity contribution in [2.45, 2.75) is 39.3 Å². The zero-order valence-corrected chi connectivity index (χ0v) is 14.5. The van der Waals surface area contributed by atoms with Gasteiger partial charge in [-0.15, -0.1) is 0 Å². The van der Waals surface area contributed by atoms with E-state index in [1.54, 1.807) is 6.92 Å². The van der Waals surface area contributed by atoms with E-state index in [9.17, 15) is 4.79 Å². The third kappa shape index (κ3) is 4.76. The molecule has 6 heteroatoms. The van der Waals surface area contributed by atoms with E-state index in [4.69, 9.17) is 18.0 Å². The summed E-state index contributed by atoms with van der Waals surface area (Å²) in [5, 5.41) is 6.07. The molecular weight excluding hydrogens is 338 g/mol. The summed E-state index contributed by atoms with van der Waals surface area (Å²) in [4.78, 5) is 12.4. The van der Waals surface area contributed by atoms with Crippen LogP contribution in [0.25, 0.3) is 0 Å². The number of hydrogen-bond acceptors (Lipinski definition) is 3. The van der Waals surface area contributed by atoms with Crippen LogP contribution in [0, 0.1) is 0 Å². The fourth-order valence-electron chi connectivity index (χ4n) is 1.67. The molecule has 4 N–H and O–H groups in total. The Kier molecular flexibility index (Phi) is 5.53. The number of thiocarbonyl (C=S) groups is 1. The number of rotatable bonds is 4. The molecule has 0 aliphatic heterocycles. The number of amides is 1. The summed E-state index contributed by atoms with van der Waals surface area (Å²) in [7, 11) is 0. The number of carbonyl (C=O) groups is 1. The van der Waals surface area contributed by atoms with Crippen molar-refractivity contribution in [3.05, 3.63) is 28.2 Å². The molecule has 0 radical (unpaired) electrons. The van der Waals surface area contributed by atoms with Crippen LogP contribution in [0.4, 0.5) is 5.69 Å². The fourth-order valence-corrected chi connectivity index (χ4v) is 2.60. The molecule has 1 atom stereocenters. The normalized spacial score (nSPS) is 12.7. The van der Waals surface area contributed by atoms with Crippen LogP contribution in [0.1, 0.15) is 33.3 Å². The Labute approximate surface area is 133 Å². The Hall–Kier alpha value is -1.14. The predicted molar refractivity (Wildman–Crippen MR) is 91.0 cm³/mol. The second-order valence-corrected chi connectivity index (χ2v) is 6.93. The zero-order valence-electron chi connectivity index (χ0n) is 12.1. The Morgan fingerprint density at radius 3 is 2.50 bits per heavy atom. The molecule has 20 heavy (non-hydrogen) atoms. The van der Waals surface area contributed by atoms with Crippen LogP contribution in [0.5, 0.6) is 0 Å². The van der Waals surface area contributed by atoms with Gasteiger partial charge in [0.15, 0.2) is 0 Å². The SMILES string of the molecule is CC(Nc1cccc(Br)c1C(N)=S)C(=O)NC(C)(C)C. The second-order valence-electron chi connectivity index (χ2n) is 5.63. The van der Waals surface area contributed by atoms with Crippen molar-refractivity contribution in [1.29, 1.82) is 0 Å². The monoisotopic (exact) mass is 357 g/mol. The highest BCUT2D eigenvalue weighted by atomic mass is 79.9. The van der Waals surface area contributed by atoms with Gasteiger partial charge in [-0.25, -0.2) is 0 Å². The van der Waals surface area contributed by atoms with Gasteiger partial charge in [0, 0.05) is 21.3 Å². The first-order valence-electron chi connectivity index (χ1n) is 6.28. The van der Waals surface area contributed by atoms with Crippen molar-refractivity contribution in [3.63, 3.8) is 0 Å². The summed E-state index contributed by atoms with van der Waals surface area (Å²) in [5.74, 6) is -0.0774. The van der Waals surface area contributed by atoms with E-state index in [0.29, 0.717) is 5.56 Å². The van der Waals surface area contributed by atoms with Crippen LogP contribution in [0.2, 0.25) is 0 Å². The van der Waals surface area contributed by atoms with E-state index in [-0.39, 0.29) is 16.4 Å². The van der Waals surface area contributed by atoms with E-state index >= 15 is 0 Å². The molecule has 1 aromatic carbocycles. The zero-order chi connectivity index (χ0) is 15.5. The summed E-state index contributed by atoms with van der Waals surface area (Å²) in [6.45, 7) is 7.62. The molecule has 0 fully saturated rings. The second kappa shape index (κ2) is 6.54. The van der Waals surface area contributed by atoms with Gasteiger partial charge < -0.3 is 16.4 Å². The van der Waals surface area contributed by atoms with Crippen LogP contribution in [0.3, 0.4) is 0 Å². The minimum absolute atomic E-state index is 0.0774. The van der Waals surface area contributed by atoms with Crippen molar-refractivity contribution in [1.82, 2.24) is 5.32 Å². The third-order valence-corrected chi connectivity index (χ3v) is 3.39. The van der Waals surface area contributed by atoms with Gasteiger partial charge >= 0.3 is 0 Å². The molecular formula is C14H20BrN3OS. The molecule has 0 heterocycles. The van der Waals surface area contributed by atoms with Gasteiger partial charge in [-0.3, -0.25) is 4.79 Å². The van der Waals surface area contributed by atoms with Crippen LogP contribution in [0.15, 0.2) is 22.7 Å². The van der Waals surface area contributed by atoms with Crippen molar-refractivity contribution in [2.75, 3.05) is 5.32 Å². The molecule has 0 saturated carbocycles. The summed E-state index contributed by atoms with van der Waals surface area (Å²) in [6.07, 6.45) is 0. The lowest BCUT2D eigenvalue weighted by molar-refractivity contribution is -0.122. The molecule has 0 aliphatic carbocycles. The van der Waals surface area contributed by atoms with Crippen molar-refractivity contribution >= 4 is 44.7 Å². The number of nitrogens with two attached hydrogens (primary N) is 1. The van der Waals surface area contributed by atoms with Crippen LogP contribution in [-0.2, 0) is 4.79 Å². The van der Waals surface area contributed by atoms with Gasteiger partial charge in [0.1, 0.15) is 11.0 Å². The molecule has 1 amide bonds. The number of carbonyl (C=O) groups excluding carboxylic acids is 1. The molecule has 0 bridgehead atoms. The first-order chi connectivity index (χ1) is 9.11. The lowest BCUT2D eigenvalue weighted by Crippen LogP contribution is -2.47.